The van der Waals surface area contributed by atoms with Gasteiger partial charge in [-0.05, 0) is 38.1 Å². The van der Waals surface area contributed by atoms with Gasteiger partial charge in [-0.1, -0.05) is 17.7 Å². The average molecular weight is 277 g/mol. The molecule has 2 aromatic rings. The number of aryl methyl sites for hydroxylation is 1. The molecule has 4 heteroatoms. The summed E-state index contributed by atoms with van der Waals surface area (Å²) in [6.45, 7) is 3.78. The number of hydrogen-bond donors (Lipinski definition) is 1. The van der Waals surface area contributed by atoms with Crippen molar-refractivity contribution in [1.29, 1.82) is 0 Å². The second kappa shape index (κ2) is 6.01. The second-order valence-corrected chi connectivity index (χ2v) is 4.85. The molecule has 0 fully saturated rings. The molecule has 20 heavy (non-hydrogen) atoms. The first-order valence-corrected chi connectivity index (χ1v) is 6.40. The number of rotatable bonds is 4. The molecule has 0 aliphatic heterocycles. The van der Waals surface area contributed by atoms with Crippen molar-refractivity contribution in [2.45, 2.75) is 26.5 Å². The van der Waals surface area contributed by atoms with Gasteiger partial charge in [-0.15, -0.1) is 0 Å². The summed E-state index contributed by atoms with van der Waals surface area (Å²) in [4.78, 5) is 0. The van der Waals surface area contributed by atoms with Crippen LogP contribution in [0.15, 0.2) is 36.4 Å². The van der Waals surface area contributed by atoms with Crippen LogP contribution in [0.2, 0.25) is 0 Å². The van der Waals surface area contributed by atoms with Gasteiger partial charge in [0, 0.05) is 17.2 Å². The van der Waals surface area contributed by atoms with E-state index < -0.39 is 11.6 Å². The SMILES string of the molecule is Cc1ccc(OCc2cc(F)ccc2F)c([C@H](C)N)c1. The molecule has 0 unspecified atom stereocenters. The maximum absolute atomic E-state index is 13.5. The Morgan fingerprint density at radius 3 is 2.60 bits per heavy atom. The van der Waals surface area contributed by atoms with Crippen molar-refractivity contribution in [2.24, 2.45) is 5.73 Å². The molecule has 1 atom stereocenters. The first kappa shape index (κ1) is 14.5. The highest BCUT2D eigenvalue weighted by Gasteiger charge is 2.10. The van der Waals surface area contributed by atoms with Crippen molar-refractivity contribution >= 4 is 0 Å². The molecular weight excluding hydrogens is 260 g/mol. The number of ether oxygens (including phenoxy) is 1. The van der Waals surface area contributed by atoms with Crippen LogP contribution in [0.5, 0.6) is 5.75 Å². The predicted molar refractivity (Wildman–Crippen MR) is 74.5 cm³/mol. The lowest BCUT2D eigenvalue weighted by Crippen LogP contribution is -2.09. The van der Waals surface area contributed by atoms with Crippen LogP contribution in [0.4, 0.5) is 8.78 Å². The molecule has 0 heterocycles. The lowest BCUT2D eigenvalue weighted by Gasteiger charge is -2.15. The Bertz CT molecular complexity index is 611. The largest absolute Gasteiger partial charge is 0.488 e. The van der Waals surface area contributed by atoms with Gasteiger partial charge in [-0.2, -0.15) is 0 Å². The van der Waals surface area contributed by atoms with E-state index in [-0.39, 0.29) is 18.2 Å². The molecule has 0 aliphatic rings. The average Bonchev–Trinajstić information content (AvgIpc) is 2.40. The third-order valence-electron chi connectivity index (χ3n) is 3.05. The van der Waals surface area contributed by atoms with E-state index in [4.69, 9.17) is 10.5 Å². The molecule has 0 saturated carbocycles. The fraction of sp³-hybridized carbons (Fsp3) is 0.250. The Balaban J connectivity index is 2.20. The van der Waals surface area contributed by atoms with E-state index in [2.05, 4.69) is 0 Å². The minimum atomic E-state index is -0.485. The maximum Gasteiger partial charge on any atom is 0.130 e. The van der Waals surface area contributed by atoms with E-state index in [1.807, 2.05) is 26.0 Å². The fourth-order valence-electron chi connectivity index (χ4n) is 1.96. The van der Waals surface area contributed by atoms with E-state index >= 15 is 0 Å². The van der Waals surface area contributed by atoms with Crippen LogP contribution in [-0.4, -0.2) is 0 Å². The lowest BCUT2D eigenvalue weighted by molar-refractivity contribution is 0.294. The van der Waals surface area contributed by atoms with E-state index in [0.717, 1.165) is 29.3 Å². The summed E-state index contributed by atoms with van der Waals surface area (Å²) >= 11 is 0. The fourth-order valence-corrected chi connectivity index (χ4v) is 1.96. The number of hydrogen-bond acceptors (Lipinski definition) is 2. The topological polar surface area (TPSA) is 35.2 Å². The number of halogens is 2. The van der Waals surface area contributed by atoms with Gasteiger partial charge in [-0.3, -0.25) is 0 Å². The molecule has 2 N–H and O–H groups in total. The van der Waals surface area contributed by atoms with E-state index in [1.54, 1.807) is 6.07 Å². The van der Waals surface area contributed by atoms with Crippen molar-refractivity contribution in [2.75, 3.05) is 0 Å². The molecule has 0 aliphatic carbocycles. The van der Waals surface area contributed by atoms with Gasteiger partial charge in [0.2, 0.25) is 0 Å². The Kier molecular flexibility index (Phi) is 4.35. The summed E-state index contributed by atoms with van der Waals surface area (Å²) in [6, 6.07) is 8.74. The molecule has 0 amide bonds. The summed E-state index contributed by atoms with van der Waals surface area (Å²) in [5.74, 6) is -0.378. The van der Waals surface area contributed by atoms with Gasteiger partial charge in [0.1, 0.15) is 24.0 Å². The highest BCUT2D eigenvalue weighted by molar-refractivity contribution is 5.39. The van der Waals surface area contributed by atoms with Crippen LogP contribution in [0.1, 0.15) is 29.7 Å². The van der Waals surface area contributed by atoms with Crippen molar-refractivity contribution < 1.29 is 13.5 Å². The lowest BCUT2D eigenvalue weighted by atomic mass is 10.1. The van der Waals surface area contributed by atoms with Crippen LogP contribution in [0.3, 0.4) is 0 Å². The maximum atomic E-state index is 13.5. The van der Waals surface area contributed by atoms with Gasteiger partial charge in [0.15, 0.2) is 0 Å². The van der Waals surface area contributed by atoms with Crippen LogP contribution < -0.4 is 10.5 Å². The second-order valence-electron chi connectivity index (χ2n) is 4.85. The molecule has 2 rings (SSSR count). The minimum absolute atomic E-state index is 0.0353. The van der Waals surface area contributed by atoms with Gasteiger partial charge in [0.25, 0.3) is 0 Å². The van der Waals surface area contributed by atoms with Crippen molar-refractivity contribution in [3.05, 3.63) is 64.7 Å². The Morgan fingerprint density at radius 2 is 1.90 bits per heavy atom. The first-order chi connectivity index (χ1) is 9.47. The molecule has 0 saturated heterocycles. The molecule has 0 spiro atoms. The zero-order chi connectivity index (χ0) is 14.7. The summed E-state index contributed by atoms with van der Waals surface area (Å²) in [7, 11) is 0. The first-order valence-electron chi connectivity index (χ1n) is 6.40. The molecule has 0 bridgehead atoms. The predicted octanol–water partition coefficient (Wildman–Crippen LogP) is 3.87. The third kappa shape index (κ3) is 3.33. The summed E-state index contributed by atoms with van der Waals surface area (Å²) in [5.41, 5.74) is 7.99. The van der Waals surface area contributed by atoms with Crippen molar-refractivity contribution in [3.8, 4) is 5.75 Å². The van der Waals surface area contributed by atoms with Crippen LogP contribution in [0, 0.1) is 18.6 Å². The summed E-state index contributed by atoms with van der Waals surface area (Å²) < 4.78 is 32.2. The zero-order valence-corrected chi connectivity index (χ0v) is 11.5. The minimum Gasteiger partial charge on any atom is -0.488 e. The van der Waals surface area contributed by atoms with Crippen molar-refractivity contribution in [1.82, 2.24) is 0 Å². The highest BCUT2D eigenvalue weighted by atomic mass is 19.1. The van der Waals surface area contributed by atoms with Crippen molar-refractivity contribution in [3.63, 3.8) is 0 Å². The van der Waals surface area contributed by atoms with Gasteiger partial charge < -0.3 is 10.5 Å². The quantitative estimate of drug-likeness (QED) is 0.920. The monoisotopic (exact) mass is 277 g/mol. The molecule has 2 aromatic carbocycles. The molecule has 0 radical (unpaired) electrons. The summed E-state index contributed by atoms with van der Waals surface area (Å²) in [5, 5.41) is 0. The molecule has 0 aromatic heterocycles. The third-order valence-corrected chi connectivity index (χ3v) is 3.05. The van der Waals surface area contributed by atoms with E-state index in [9.17, 15) is 8.78 Å². The van der Waals surface area contributed by atoms with Crippen LogP contribution in [0.25, 0.3) is 0 Å². The smallest absolute Gasteiger partial charge is 0.130 e. The Hall–Kier alpha value is -1.94. The standard InChI is InChI=1S/C16H17F2NO/c1-10-3-6-16(14(7-10)11(2)19)20-9-12-8-13(17)4-5-15(12)18/h3-8,11H,9,19H2,1-2H3/t11-/m0/s1. The van der Waals surface area contributed by atoms with Gasteiger partial charge in [0.05, 0.1) is 0 Å². The van der Waals surface area contributed by atoms with E-state index in [1.165, 1.54) is 0 Å². The highest BCUT2D eigenvalue weighted by Crippen LogP contribution is 2.26. The molecule has 106 valence electrons. The molecule has 2 nitrogen and oxygen atoms in total. The van der Waals surface area contributed by atoms with Gasteiger partial charge in [-0.25, -0.2) is 8.78 Å². The van der Waals surface area contributed by atoms with Crippen LogP contribution >= 0.6 is 0 Å². The Labute approximate surface area is 117 Å². The molecular formula is C16H17F2NO. The number of benzene rings is 2. The Morgan fingerprint density at radius 1 is 1.15 bits per heavy atom. The normalized spacial score (nSPS) is 12.2. The van der Waals surface area contributed by atoms with Crippen LogP contribution in [-0.2, 0) is 6.61 Å². The summed E-state index contributed by atoms with van der Waals surface area (Å²) in [6.07, 6.45) is 0. The number of nitrogens with two attached hydrogens (primary N) is 1. The van der Waals surface area contributed by atoms with E-state index in [0.29, 0.717) is 5.75 Å². The zero-order valence-electron chi connectivity index (χ0n) is 11.5. The van der Waals surface area contributed by atoms with Gasteiger partial charge >= 0.3 is 0 Å².